The normalized spacial score (nSPS) is 14.1. The van der Waals surface area contributed by atoms with E-state index in [1.54, 1.807) is 0 Å². The van der Waals surface area contributed by atoms with Crippen molar-refractivity contribution in [1.29, 1.82) is 0 Å². The second kappa shape index (κ2) is 10.1. The predicted octanol–water partition coefficient (Wildman–Crippen LogP) is 0.626. The molecule has 2 heterocycles. The quantitative estimate of drug-likeness (QED) is 0.0718. The first-order valence-electron chi connectivity index (χ1n) is 9.41. The molecule has 0 spiro atoms. The molecule has 0 aliphatic carbocycles. The second-order valence-corrected chi connectivity index (χ2v) is 7.16. The lowest BCUT2D eigenvalue weighted by Gasteiger charge is -2.26. The monoisotopic (exact) mass is 438 g/mol. The standard InChI is InChI=1S/C17H26N8O4S/c1-2-3-5-9(11-24-12-10(13(30)25-11)22-8-23-12)29-15(28)17(20,14(26)27)6-4-7-21-16(18)19/h8-9H,2-7,20H2,1H3,(H,26,27)(H4,18,19,21)(H2,22,23,24,25,30)/t9?,17-/m1/s1. The summed E-state index contributed by atoms with van der Waals surface area (Å²) in [4.78, 5) is 42.5. The molecule has 13 heteroatoms. The number of unbranched alkanes of at least 4 members (excludes halogenated alkanes) is 1. The van der Waals surface area contributed by atoms with Gasteiger partial charge in [-0.25, -0.2) is 19.6 Å². The molecule has 0 bridgehead atoms. The Balaban J connectivity index is 2.25. The van der Waals surface area contributed by atoms with Crippen LogP contribution in [0, 0.1) is 4.64 Å². The number of aliphatic carboxylic acids is 1. The Morgan fingerprint density at radius 2 is 2.13 bits per heavy atom. The van der Waals surface area contributed by atoms with E-state index >= 15 is 0 Å². The van der Waals surface area contributed by atoms with Gasteiger partial charge in [-0.05, 0) is 25.7 Å². The number of hydrogen-bond donors (Lipinski definition) is 6. The highest BCUT2D eigenvalue weighted by Gasteiger charge is 2.44. The van der Waals surface area contributed by atoms with Gasteiger partial charge in [-0.3, -0.25) is 4.99 Å². The Morgan fingerprint density at radius 1 is 1.40 bits per heavy atom. The predicted molar refractivity (Wildman–Crippen MR) is 112 cm³/mol. The Morgan fingerprint density at radius 3 is 2.77 bits per heavy atom. The van der Waals surface area contributed by atoms with Crippen LogP contribution in [0.15, 0.2) is 11.3 Å². The van der Waals surface area contributed by atoms with Gasteiger partial charge in [0.25, 0.3) is 0 Å². The van der Waals surface area contributed by atoms with E-state index < -0.39 is 23.6 Å². The number of nitrogens with one attached hydrogen (secondary N) is 2. The first-order chi connectivity index (χ1) is 14.2. The Labute approximate surface area is 177 Å². The van der Waals surface area contributed by atoms with E-state index in [-0.39, 0.29) is 35.8 Å². The number of fused-ring (bicyclic) bond motifs is 1. The number of imidazole rings is 1. The van der Waals surface area contributed by atoms with Crippen molar-refractivity contribution < 1.29 is 19.4 Å². The fourth-order valence-corrected chi connectivity index (χ4v) is 3.01. The molecule has 2 rings (SSSR count). The summed E-state index contributed by atoms with van der Waals surface area (Å²) >= 11 is 5.25. The van der Waals surface area contributed by atoms with Crippen molar-refractivity contribution >= 4 is 41.3 Å². The smallest absolute Gasteiger partial charge is 0.338 e. The molecular formula is C17H26N8O4S. The van der Waals surface area contributed by atoms with E-state index in [9.17, 15) is 14.7 Å². The van der Waals surface area contributed by atoms with Gasteiger partial charge in [-0.15, -0.1) is 0 Å². The fraction of sp³-hybridized carbons (Fsp3) is 0.529. The SMILES string of the molecule is CCCCC(OC(=O)[C@@](N)(CCCN=C(N)N)C(=O)O)c1nc(=S)c2[nH]cnc2[nH]1. The molecule has 0 radical (unpaired) electrons. The first kappa shape index (κ1) is 23.2. The van der Waals surface area contributed by atoms with Crippen LogP contribution in [0.2, 0.25) is 0 Å². The molecule has 30 heavy (non-hydrogen) atoms. The molecule has 2 atom stereocenters. The number of guanidine groups is 1. The molecule has 0 fully saturated rings. The Kier molecular flexibility index (Phi) is 7.83. The van der Waals surface area contributed by atoms with E-state index in [0.717, 1.165) is 6.42 Å². The van der Waals surface area contributed by atoms with Crippen molar-refractivity contribution in [3.63, 3.8) is 0 Å². The van der Waals surface area contributed by atoms with Crippen molar-refractivity contribution in [1.82, 2.24) is 19.9 Å². The number of H-pyrrole nitrogens is 2. The van der Waals surface area contributed by atoms with Crippen LogP contribution in [0.3, 0.4) is 0 Å². The Bertz CT molecular complexity index is 984. The molecule has 0 aromatic carbocycles. The number of carboxylic acid groups (broad SMARTS) is 1. The minimum Gasteiger partial charge on any atom is -0.479 e. The van der Waals surface area contributed by atoms with Crippen LogP contribution in [-0.4, -0.2) is 55.0 Å². The maximum absolute atomic E-state index is 12.8. The van der Waals surface area contributed by atoms with Gasteiger partial charge in [0.15, 0.2) is 28.2 Å². The zero-order valence-electron chi connectivity index (χ0n) is 16.6. The summed E-state index contributed by atoms with van der Waals surface area (Å²) in [5, 5.41) is 9.56. The third-order valence-corrected chi connectivity index (χ3v) is 4.76. The van der Waals surface area contributed by atoms with Crippen LogP contribution in [0.4, 0.5) is 0 Å². The molecule has 2 aromatic rings. The van der Waals surface area contributed by atoms with Crippen LogP contribution in [-0.2, 0) is 14.3 Å². The molecule has 164 valence electrons. The molecule has 0 saturated heterocycles. The van der Waals surface area contributed by atoms with Gasteiger partial charge in [0.1, 0.15) is 5.52 Å². The lowest BCUT2D eigenvalue weighted by Crippen LogP contribution is -2.56. The minimum atomic E-state index is -2.25. The number of aromatic amines is 2. The summed E-state index contributed by atoms with van der Waals surface area (Å²) < 4.78 is 5.77. The highest BCUT2D eigenvalue weighted by Crippen LogP contribution is 2.25. The minimum absolute atomic E-state index is 0.131. The number of nitrogens with zero attached hydrogens (tertiary/aromatic N) is 3. The summed E-state index contributed by atoms with van der Waals surface area (Å²) in [5.74, 6) is -2.45. The van der Waals surface area contributed by atoms with E-state index in [2.05, 4.69) is 24.9 Å². The molecule has 2 aromatic heterocycles. The van der Waals surface area contributed by atoms with Crippen LogP contribution in [0.25, 0.3) is 11.2 Å². The van der Waals surface area contributed by atoms with Crippen LogP contribution in [0.1, 0.15) is 51.0 Å². The molecule has 0 aliphatic rings. The van der Waals surface area contributed by atoms with E-state index in [4.69, 9.17) is 34.2 Å². The second-order valence-electron chi connectivity index (χ2n) is 6.78. The molecular weight excluding hydrogens is 412 g/mol. The number of hydrogen-bond acceptors (Lipinski definition) is 8. The molecule has 1 unspecified atom stereocenters. The van der Waals surface area contributed by atoms with Gasteiger partial charge in [0.05, 0.1) is 6.33 Å². The highest BCUT2D eigenvalue weighted by molar-refractivity contribution is 7.71. The summed E-state index contributed by atoms with van der Waals surface area (Å²) in [6, 6.07) is 0. The average molecular weight is 439 g/mol. The van der Waals surface area contributed by atoms with Gasteiger partial charge in [0.2, 0.25) is 5.54 Å². The fourth-order valence-electron chi connectivity index (χ4n) is 2.76. The topological polar surface area (TPSA) is 211 Å². The van der Waals surface area contributed by atoms with Gasteiger partial charge in [-0.1, -0.05) is 25.6 Å². The average Bonchev–Trinajstić information content (AvgIpc) is 3.17. The Hall–Kier alpha value is -3.06. The third kappa shape index (κ3) is 5.51. The number of carbonyl (C=O) groups is 2. The molecule has 9 N–H and O–H groups in total. The molecule has 0 amide bonds. The maximum atomic E-state index is 12.8. The first-order valence-corrected chi connectivity index (χ1v) is 9.82. The van der Waals surface area contributed by atoms with E-state index in [0.29, 0.717) is 24.0 Å². The number of nitrogens with two attached hydrogens (primary N) is 3. The summed E-state index contributed by atoms with van der Waals surface area (Å²) in [5.41, 5.74) is 15.1. The summed E-state index contributed by atoms with van der Waals surface area (Å²) in [6.45, 7) is 2.10. The summed E-state index contributed by atoms with van der Waals surface area (Å²) in [6.07, 6.45) is 2.50. The van der Waals surface area contributed by atoms with E-state index in [1.807, 2.05) is 6.92 Å². The van der Waals surface area contributed by atoms with Gasteiger partial charge >= 0.3 is 11.9 Å². The molecule has 12 nitrogen and oxygen atoms in total. The number of carboxylic acids is 1. The number of aliphatic imine (C=N–C) groups is 1. The van der Waals surface area contributed by atoms with Gasteiger partial charge in [-0.2, -0.15) is 0 Å². The highest BCUT2D eigenvalue weighted by atomic mass is 32.1. The number of ether oxygens (including phenoxy) is 1. The number of rotatable bonds is 11. The van der Waals surface area contributed by atoms with Gasteiger partial charge in [0, 0.05) is 6.54 Å². The lowest BCUT2D eigenvalue weighted by molar-refractivity contribution is -0.166. The zero-order chi connectivity index (χ0) is 22.3. The number of esters is 1. The zero-order valence-corrected chi connectivity index (χ0v) is 17.4. The maximum Gasteiger partial charge on any atom is 0.338 e. The van der Waals surface area contributed by atoms with Crippen molar-refractivity contribution in [2.75, 3.05) is 6.54 Å². The lowest BCUT2D eigenvalue weighted by atomic mass is 9.94. The van der Waals surface area contributed by atoms with Gasteiger partial charge < -0.3 is 37.0 Å². The van der Waals surface area contributed by atoms with Crippen LogP contribution < -0.4 is 17.2 Å². The van der Waals surface area contributed by atoms with Crippen molar-refractivity contribution in [3.05, 3.63) is 16.8 Å². The molecule has 0 saturated carbocycles. The van der Waals surface area contributed by atoms with Crippen molar-refractivity contribution in [3.8, 4) is 0 Å². The van der Waals surface area contributed by atoms with Crippen LogP contribution >= 0.6 is 12.2 Å². The number of aromatic nitrogens is 4. The van der Waals surface area contributed by atoms with E-state index in [1.165, 1.54) is 6.33 Å². The van der Waals surface area contributed by atoms with Crippen molar-refractivity contribution in [2.24, 2.45) is 22.2 Å². The largest absolute Gasteiger partial charge is 0.479 e. The van der Waals surface area contributed by atoms with Crippen molar-refractivity contribution in [2.45, 2.75) is 50.7 Å². The molecule has 0 aliphatic heterocycles. The number of carbonyl (C=O) groups excluding carboxylic acids is 1. The van der Waals surface area contributed by atoms with Crippen LogP contribution in [0.5, 0.6) is 0 Å². The third-order valence-electron chi connectivity index (χ3n) is 4.47. The summed E-state index contributed by atoms with van der Waals surface area (Å²) in [7, 11) is 0.